The molecule has 0 amide bonds. The van der Waals surface area contributed by atoms with Crippen LogP contribution in [0.1, 0.15) is 12.8 Å². The first kappa shape index (κ1) is 11.4. The second-order valence-corrected chi connectivity index (χ2v) is 7.67. The summed E-state index contributed by atoms with van der Waals surface area (Å²) in [5.41, 5.74) is 1.99. The van der Waals surface area contributed by atoms with E-state index in [1.165, 1.54) is 31.6 Å². The Morgan fingerprint density at radius 3 is 2.71 bits per heavy atom. The van der Waals surface area contributed by atoms with Crippen molar-refractivity contribution in [1.29, 1.82) is 0 Å². The average Bonchev–Trinajstić information content (AvgIpc) is 2.96. The molecule has 0 aliphatic carbocycles. The van der Waals surface area contributed by atoms with E-state index >= 15 is 0 Å². The van der Waals surface area contributed by atoms with Crippen LogP contribution >= 0.6 is 0 Å². The molecule has 92 valence electrons. The van der Waals surface area contributed by atoms with Crippen LogP contribution in [0.15, 0.2) is 24.3 Å². The Labute approximate surface area is 106 Å². The predicted molar refractivity (Wildman–Crippen MR) is 70.4 cm³/mol. The van der Waals surface area contributed by atoms with E-state index in [1.54, 1.807) is 0 Å². The van der Waals surface area contributed by atoms with Crippen molar-refractivity contribution in [2.24, 2.45) is 0 Å². The average molecular weight is 297 g/mol. The van der Waals surface area contributed by atoms with E-state index in [0.717, 1.165) is 23.0 Å². The molecule has 0 bridgehead atoms. The molecule has 4 heteroatoms. The molecule has 3 rings (SSSR count). The molecule has 2 aliphatic rings. The number of para-hydroxylation sites is 1. The van der Waals surface area contributed by atoms with Crippen LogP contribution in [0.25, 0.3) is 0 Å². The van der Waals surface area contributed by atoms with Gasteiger partial charge >= 0.3 is 106 Å². The molecule has 2 aliphatic heterocycles. The molecule has 17 heavy (non-hydrogen) atoms. The molecule has 0 spiro atoms. The van der Waals surface area contributed by atoms with Crippen LogP contribution in [-0.4, -0.2) is 50.4 Å². The minimum absolute atomic E-state index is 0.771. The van der Waals surface area contributed by atoms with Crippen molar-refractivity contribution in [2.75, 3.05) is 36.5 Å². The molecule has 1 saturated heterocycles. The maximum absolute atomic E-state index is 12.0. The van der Waals surface area contributed by atoms with E-state index in [-0.39, 0.29) is 0 Å². The third kappa shape index (κ3) is 2.30. The number of fused-ring (bicyclic) bond motifs is 1. The van der Waals surface area contributed by atoms with Gasteiger partial charge < -0.3 is 0 Å². The maximum atomic E-state index is 12.0. The van der Waals surface area contributed by atoms with E-state index in [1.807, 2.05) is 18.2 Å². The third-order valence-electron chi connectivity index (χ3n) is 3.61. The topological polar surface area (TPSA) is 23.6 Å². The van der Waals surface area contributed by atoms with Crippen molar-refractivity contribution in [1.82, 2.24) is 4.90 Å². The van der Waals surface area contributed by atoms with Crippen molar-refractivity contribution < 1.29 is 3.83 Å². The molecule has 0 radical (unpaired) electrons. The fourth-order valence-electron chi connectivity index (χ4n) is 2.64. The van der Waals surface area contributed by atoms with Gasteiger partial charge in [-0.3, -0.25) is 0 Å². The van der Waals surface area contributed by atoms with Crippen molar-refractivity contribution in [3.05, 3.63) is 24.3 Å². The number of rotatable bonds is 3. The van der Waals surface area contributed by atoms with Crippen LogP contribution in [0, 0.1) is 0 Å². The first-order valence-electron chi connectivity index (χ1n) is 6.29. The Bertz CT molecular complexity index is 429. The molecule has 0 saturated carbocycles. The van der Waals surface area contributed by atoms with Gasteiger partial charge in [0.15, 0.2) is 0 Å². The van der Waals surface area contributed by atoms with Gasteiger partial charge in [0.05, 0.1) is 0 Å². The summed E-state index contributed by atoms with van der Waals surface area (Å²) in [5.74, 6) is 0. The minimum atomic E-state index is -1.78. The molecule has 0 aromatic heterocycles. The second kappa shape index (κ2) is 4.89. The van der Waals surface area contributed by atoms with E-state index in [4.69, 9.17) is 0 Å². The molecule has 3 nitrogen and oxygen atoms in total. The van der Waals surface area contributed by atoms with Crippen molar-refractivity contribution in [3.8, 4) is 0 Å². The first-order valence-corrected chi connectivity index (χ1v) is 9.06. The van der Waals surface area contributed by atoms with Crippen LogP contribution in [-0.2, 0) is 3.83 Å². The second-order valence-electron chi connectivity index (χ2n) is 4.75. The summed E-state index contributed by atoms with van der Waals surface area (Å²) < 4.78 is 13.1. The third-order valence-corrected chi connectivity index (χ3v) is 6.51. The van der Waals surface area contributed by atoms with Crippen molar-refractivity contribution >= 4 is 24.0 Å². The van der Waals surface area contributed by atoms with Gasteiger partial charge in [0.1, 0.15) is 0 Å². The molecule has 1 aromatic carbocycles. The van der Waals surface area contributed by atoms with Crippen LogP contribution in [0.5, 0.6) is 0 Å². The summed E-state index contributed by atoms with van der Waals surface area (Å²) in [5, 5.41) is 0. The molecular weight excluding hydrogens is 279 g/mol. The van der Waals surface area contributed by atoms with Gasteiger partial charge in [-0.2, -0.15) is 0 Å². The predicted octanol–water partition coefficient (Wildman–Crippen LogP) is 0.771. The van der Waals surface area contributed by atoms with Crippen LogP contribution in [0.4, 0.5) is 5.69 Å². The zero-order valence-corrected chi connectivity index (χ0v) is 11.7. The zero-order valence-electron chi connectivity index (χ0n) is 9.97. The Kier molecular flexibility index (Phi) is 3.28. The first-order chi connectivity index (χ1) is 8.34. The molecule has 2 heterocycles. The number of anilines is 1. The monoisotopic (exact) mass is 298 g/mol. The number of hydrogen-bond donors (Lipinski definition) is 0. The fourth-order valence-corrected chi connectivity index (χ4v) is 5.48. The molecule has 1 aromatic rings. The van der Waals surface area contributed by atoms with Crippen LogP contribution < -0.4 is 9.36 Å². The normalized spacial score (nSPS) is 24.2. The number of hydrogen-bond acceptors (Lipinski definition) is 3. The summed E-state index contributed by atoms with van der Waals surface area (Å²) >= 11 is -1.78. The Morgan fingerprint density at radius 2 is 1.88 bits per heavy atom. The Hall–Kier alpha value is -0.701. The SMILES string of the molecule is O=[Se]1CN(CCN2CCCC2)c2ccccc21. The van der Waals surface area contributed by atoms with Crippen LogP contribution in [0.3, 0.4) is 0 Å². The summed E-state index contributed by atoms with van der Waals surface area (Å²) in [6.07, 6.45) is 2.68. The van der Waals surface area contributed by atoms with Gasteiger partial charge in [0.25, 0.3) is 0 Å². The Morgan fingerprint density at radius 1 is 1.12 bits per heavy atom. The van der Waals surface area contributed by atoms with Gasteiger partial charge in [-0.25, -0.2) is 0 Å². The summed E-state index contributed by atoms with van der Waals surface area (Å²) in [4.78, 5) is 4.83. The standard InChI is InChI=1S/C13H18N2OSe/c16-17-11-15(10-9-14-7-3-4-8-14)12-5-1-2-6-13(12)17/h1-2,5-6H,3-4,7-11H2. The van der Waals surface area contributed by atoms with Crippen molar-refractivity contribution in [2.45, 2.75) is 12.8 Å². The summed E-state index contributed by atoms with van der Waals surface area (Å²) in [7, 11) is 0. The number of benzene rings is 1. The van der Waals surface area contributed by atoms with Gasteiger partial charge in [0.2, 0.25) is 0 Å². The summed E-state index contributed by atoms with van der Waals surface area (Å²) in [6.45, 7) is 4.63. The molecule has 1 unspecified atom stereocenters. The van der Waals surface area contributed by atoms with E-state index in [2.05, 4.69) is 15.9 Å². The van der Waals surface area contributed by atoms with E-state index < -0.39 is 13.8 Å². The van der Waals surface area contributed by atoms with Crippen molar-refractivity contribution in [3.63, 3.8) is 0 Å². The van der Waals surface area contributed by atoms with E-state index in [9.17, 15) is 3.83 Å². The molecular formula is C13H18N2OSe. The van der Waals surface area contributed by atoms with Gasteiger partial charge in [-0.05, 0) is 0 Å². The van der Waals surface area contributed by atoms with E-state index in [0.29, 0.717) is 0 Å². The molecule has 0 N–H and O–H groups in total. The molecule has 1 atom stereocenters. The zero-order chi connectivity index (χ0) is 11.7. The summed E-state index contributed by atoms with van der Waals surface area (Å²) in [6, 6.07) is 8.19. The molecule has 1 fully saturated rings. The van der Waals surface area contributed by atoms with Gasteiger partial charge in [-0.15, -0.1) is 0 Å². The van der Waals surface area contributed by atoms with Gasteiger partial charge in [-0.1, -0.05) is 0 Å². The Balaban J connectivity index is 1.67. The van der Waals surface area contributed by atoms with Gasteiger partial charge in [0, 0.05) is 0 Å². The van der Waals surface area contributed by atoms with Crippen LogP contribution in [0.2, 0.25) is 0 Å². The number of likely N-dealkylation sites (tertiary alicyclic amines) is 1. The fraction of sp³-hybridized carbons (Fsp3) is 0.538. The quantitative estimate of drug-likeness (QED) is 0.770. The number of nitrogens with zero attached hydrogens (tertiary/aromatic N) is 2.